The minimum Gasteiger partial charge on any atom is -0.453 e. The summed E-state index contributed by atoms with van der Waals surface area (Å²) in [4.78, 5) is 45.1. The van der Waals surface area contributed by atoms with Gasteiger partial charge in [-0.05, 0) is 35.7 Å². The second-order valence-corrected chi connectivity index (χ2v) is 6.57. The number of amides is 2. The average molecular weight is 396 g/mol. The normalized spacial score (nSPS) is 10.2. The summed E-state index contributed by atoms with van der Waals surface area (Å²) in [6, 6.07) is 9.88. The molecule has 0 saturated heterocycles. The summed E-state index contributed by atoms with van der Waals surface area (Å²) >= 11 is 1.32. The fourth-order valence-corrected chi connectivity index (χ4v) is 3.25. The maximum absolute atomic E-state index is 12.6. The number of carbonyl (C=O) groups is 3. The second kappa shape index (κ2) is 8.87. The van der Waals surface area contributed by atoms with Crippen LogP contribution in [0.3, 0.4) is 0 Å². The lowest BCUT2D eigenvalue weighted by Crippen LogP contribution is -2.15. The summed E-state index contributed by atoms with van der Waals surface area (Å²) in [5.41, 5.74) is 0.789. The molecule has 0 aliphatic carbocycles. The first kappa shape index (κ1) is 19.2. The predicted molar refractivity (Wildman–Crippen MR) is 105 cm³/mol. The summed E-state index contributed by atoms with van der Waals surface area (Å²) < 4.78 is 4.51. The van der Waals surface area contributed by atoms with Gasteiger partial charge in [0.15, 0.2) is 5.78 Å². The molecule has 2 N–H and O–H groups in total. The van der Waals surface area contributed by atoms with Crippen molar-refractivity contribution in [1.29, 1.82) is 0 Å². The number of rotatable bonds is 6. The number of pyridine rings is 2. The maximum atomic E-state index is 12.6. The highest BCUT2D eigenvalue weighted by molar-refractivity contribution is 7.10. The first-order valence-corrected chi connectivity index (χ1v) is 9.07. The third-order valence-electron chi connectivity index (χ3n) is 3.72. The van der Waals surface area contributed by atoms with Crippen molar-refractivity contribution in [2.24, 2.45) is 0 Å². The number of anilines is 2. The highest BCUT2D eigenvalue weighted by Crippen LogP contribution is 2.21. The Bertz CT molecular complexity index is 1000. The molecule has 3 rings (SSSR count). The molecule has 0 aromatic carbocycles. The van der Waals surface area contributed by atoms with E-state index in [0.29, 0.717) is 21.8 Å². The van der Waals surface area contributed by atoms with Crippen LogP contribution in [0.5, 0.6) is 0 Å². The minimum absolute atomic E-state index is 0.0459. The summed E-state index contributed by atoms with van der Waals surface area (Å²) in [5, 5.41) is 6.88. The topological polar surface area (TPSA) is 110 Å². The average Bonchev–Trinajstić information content (AvgIpc) is 3.17. The van der Waals surface area contributed by atoms with Crippen molar-refractivity contribution >= 4 is 40.8 Å². The number of aromatic nitrogens is 2. The van der Waals surface area contributed by atoms with Crippen LogP contribution in [0.15, 0.2) is 54.2 Å². The van der Waals surface area contributed by atoms with Gasteiger partial charge in [0, 0.05) is 29.3 Å². The molecular formula is C19H16N4O4S. The zero-order valence-corrected chi connectivity index (χ0v) is 15.7. The Morgan fingerprint density at radius 3 is 2.61 bits per heavy atom. The summed E-state index contributed by atoms with van der Waals surface area (Å²) in [6.07, 6.45) is 2.37. The van der Waals surface area contributed by atoms with Gasteiger partial charge in [-0.15, -0.1) is 11.3 Å². The van der Waals surface area contributed by atoms with E-state index in [1.807, 2.05) is 0 Å². The van der Waals surface area contributed by atoms with Gasteiger partial charge in [-0.25, -0.2) is 14.8 Å². The Kier molecular flexibility index (Phi) is 6.07. The molecular weight excluding hydrogens is 380 g/mol. The Labute approximate surface area is 164 Å². The van der Waals surface area contributed by atoms with Crippen molar-refractivity contribution in [1.82, 2.24) is 9.97 Å². The lowest BCUT2D eigenvalue weighted by atomic mass is 10.1. The molecule has 0 bridgehead atoms. The molecule has 8 nitrogen and oxygen atoms in total. The number of ether oxygens (including phenoxy) is 1. The summed E-state index contributed by atoms with van der Waals surface area (Å²) in [7, 11) is 1.23. The molecule has 0 spiro atoms. The smallest absolute Gasteiger partial charge is 0.412 e. The summed E-state index contributed by atoms with van der Waals surface area (Å²) in [6.45, 7) is 0. The molecule has 0 unspecified atom stereocenters. The maximum Gasteiger partial charge on any atom is 0.412 e. The van der Waals surface area contributed by atoms with Crippen LogP contribution in [0.1, 0.15) is 25.6 Å². The summed E-state index contributed by atoms with van der Waals surface area (Å²) in [5.74, 6) is 0.107. The Hall–Kier alpha value is -3.59. The van der Waals surface area contributed by atoms with Crippen LogP contribution in [0.4, 0.5) is 16.4 Å². The van der Waals surface area contributed by atoms with Gasteiger partial charge in [0.1, 0.15) is 11.6 Å². The number of nitrogens with zero attached hydrogens (tertiary/aromatic N) is 2. The van der Waals surface area contributed by atoms with Crippen LogP contribution >= 0.6 is 11.3 Å². The van der Waals surface area contributed by atoms with Gasteiger partial charge < -0.3 is 10.1 Å². The van der Waals surface area contributed by atoms with Crippen LogP contribution in [0.2, 0.25) is 0 Å². The van der Waals surface area contributed by atoms with Crippen molar-refractivity contribution in [3.8, 4) is 0 Å². The van der Waals surface area contributed by atoms with Gasteiger partial charge in [-0.2, -0.15) is 0 Å². The van der Waals surface area contributed by atoms with Crippen LogP contribution in [0.25, 0.3) is 0 Å². The lowest BCUT2D eigenvalue weighted by molar-refractivity contribution is 0.0993. The highest BCUT2D eigenvalue weighted by Gasteiger charge is 2.17. The molecule has 28 heavy (non-hydrogen) atoms. The molecule has 2 amide bonds. The number of thiophene rings is 1. The van der Waals surface area contributed by atoms with Crippen molar-refractivity contribution in [3.05, 3.63) is 70.2 Å². The molecule has 0 aliphatic heterocycles. The number of hydrogen-bond donors (Lipinski definition) is 2. The van der Waals surface area contributed by atoms with Gasteiger partial charge in [0.05, 0.1) is 12.7 Å². The van der Waals surface area contributed by atoms with Gasteiger partial charge in [-0.1, -0.05) is 6.07 Å². The van der Waals surface area contributed by atoms with Crippen molar-refractivity contribution < 1.29 is 19.1 Å². The number of nitrogens with one attached hydrogen (secondary N) is 2. The molecule has 0 radical (unpaired) electrons. The highest BCUT2D eigenvalue weighted by atomic mass is 32.1. The fraction of sp³-hybridized carbons (Fsp3) is 0.105. The molecule has 0 aliphatic rings. The number of methoxy groups -OCH3 is 1. The van der Waals surface area contributed by atoms with Crippen LogP contribution in [0, 0.1) is 0 Å². The van der Waals surface area contributed by atoms with E-state index in [1.165, 1.54) is 30.7 Å². The molecule has 142 valence electrons. The second-order valence-electron chi connectivity index (χ2n) is 5.57. The first-order valence-electron chi connectivity index (χ1n) is 8.20. The van der Waals surface area contributed by atoms with Gasteiger partial charge in [0.25, 0.3) is 5.91 Å². The molecule has 0 fully saturated rings. The Morgan fingerprint density at radius 2 is 1.86 bits per heavy atom. The zero-order valence-electron chi connectivity index (χ0n) is 14.8. The van der Waals surface area contributed by atoms with E-state index in [9.17, 15) is 14.4 Å². The van der Waals surface area contributed by atoms with E-state index in [0.717, 1.165) is 0 Å². The number of ketones is 1. The Balaban J connectivity index is 1.72. The van der Waals surface area contributed by atoms with E-state index in [1.54, 1.807) is 41.9 Å². The predicted octanol–water partition coefficient (Wildman–Crippen LogP) is 3.39. The third-order valence-corrected chi connectivity index (χ3v) is 4.64. The van der Waals surface area contributed by atoms with E-state index in [2.05, 4.69) is 25.3 Å². The first-order chi connectivity index (χ1) is 13.6. The van der Waals surface area contributed by atoms with Crippen molar-refractivity contribution in [2.45, 2.75) is 6.42 Å². The molecule has 0 atom stereocenters. The third kappa shape index (κ3) is 4.77. The molecule has 3 heterocycles. The van der Waals surface area contributed by atoms with E-state index >= 15 is 0 Å². The number of Topliss-reactive ketones (excluding diaryl/α,β-unsaturated/α-hetero) is 1. The van der Waals surface area contributed by atoms with Gasteiger partial charge in [-0.3, -0.25) is 14.9 Å². The fourth-order valence-electron chi connectivity index (χ4n) is 2.38. The zero-order chi connectivity index (χ0) is 19.9. The van der Waals surface area contributed by atoms with Crippen molar-refractivity contribution in [2.75, 3.05) is 17.7 Å². The van der Waals surface area contributed by atoms with Gasteiger partial charge in [0.2, 0.25) is 0 Å². The van der Waals surface area contributed by atoms with Crippen LogP contribution < -0.4 is 10.6 Å². The van der Waals surface area contributed by atoms with E-state index in [4.69, 9.17) is 0 Å². The van der Waals surface area contributed by atoms with Crippen LogP contribution in [-0.2, 0) is 11.2 Å². The monoisotopic (exact) mass is 396 g/mol. The molecule has 3 aromatic rings. The minimum atomic E-state index is -0.677. The lowest BCUT2D eigenvalue weighted by Gasteiger charge is -2.07. The Morgan fingerprint density at radius 1 is 1.04 bits per heavy atom. The quantitative estimate of drug-likeness (QED) is 0.618. The number of hydrogen-bond acceptors (Lipinski definition) is 7. The van der Waals surface area contributed by atoms with Gasteiger partial charge >= 0.3 is 6.09 Å². The largest absolute Gasteiger partial charge is 0.453 e. The number of carbonyl (C=O) groups excluding carboxylic acids is 3. The molecule has 0 saturated carbocycles. The van der Waals surface area contributed by atoms with E-state index < -0.39 is 6.09 Å². The van der Waals surface area contributed by atoms with Crippen LogP contribution in [-0.4, -0.2) is 34.9 Å². The van der Waals surface area contributed by atoms with E-state index in [-0.39, 0.29) is 23.9 Å². The standard InChI is InChI=1S/C19H16N4O4S/c1-27-19(26)23-17-10-12(5-8-21-17)14(24)11-15-13(6-9-28-15)18(25)22-16-4-2-3-7-20-16/h2-10H,11H2,1H3,(H,20,22,25)(H,21,23,26). The molecule has 3 aromatic heterocycles. The van der Waals surface area contributed by atoms with Crippen molar-refractivity contribution in [3.63, 3.8) is 0 Å². The molecule has 9 heteroatoms. The SMILES string of the molecule is COC(=O)Nc1cc(C(=O)Cc2sccc2C(=O)Nc2ccccn2)ccn1.